The molecule has 10 nitrogen and oxygen atoms in total. The van der Waals surface area contributed by atoms with Crippen LogP contribution in [-0.2, 0) is 15.7 Å². The van der Waals surface area contributed by atoms with E-state index in [9.17, 15) is 27.6 Å². The van der Waals surface area contributed by atoms with Crippen molar-refractivity contribution in [2.45, 2.75) is 57.9 Å². The van der Waals surface area contributed by atoms with Crippen LogP contribution in [-0.4, -0.2) is 80.4 Å². The number of aromatic nitrogens is 3. The van der Waals surface area contributed by atoms with Gasteiger partial charge in [-0.25, -0.2) is 14.8 Å². The van der Waals surface area contributed by atoms with Crippen molar-refractivity contribution in [3.05, 3.63) is 41.7 Å². The van der Waals surface area contributed by atoms with E-state index in [2.05, 4.69) is 20.3 Å². The summed E-state index contributed by atoms with van der Waals surface area (Å²) in [4.78, 5) is 51.1. The Morgan fingerprint density at radius 3 is 2.61 bits per heavy atom. The minimum atomic E-state index is -4.71. The molecule has 2 saturated heterocycles. The van der Waals surface area contributed by atoms with Crippen molar-refractivity contribution in [1.82, 2.24) is 24.8 Å². The SMILES string of the molecule is CC(C)(C)OC(=O)N1CCC[C@H](Nc2ncc(C(F)(F)F)c(-c3c[nH]c4cc(C(=O)N5CCC(=O)C5)ccc34)n2)C1. The van der Waals surface area contributed by atoms with Crippen LogP contribution in [0.5, 0.6) is 0 Å². The number of ether oxygens (including phenoxy) is 1. The number of alkyl halides is 3. The van der Waals surface area contributed by atoms with Gasteiger partial charge in [-0.05, 0) is 45.7 Å². The lowest BCUT2D eigenvalue weighted by atomic mass is 10.0. The van der Waals surface area contributed by atoms with E-state index < -0.39 is 23.4 Å². The van der Waals surface area contributed by atoms with E-state index >= 15 is 0 Å². The highest BCUT2D eigenvalue weighted by atomic mass is 19.4. The molecule has 2 amide bonds. The molecule has 218 valence electrons. The molecule has 2 fully saturated rings. The standard InChI is InChI=1S/C28H31F3N6O4/c1-27(2,3)41-26(40)37-9-4-5-17(14-37)34-25-33-13-21(28(29,30)31)23(35-25)20-12-32-22-11-16(6-7-19(20)22)24(39)36-10-8-18(38)15-36/h6-7,11-13,17,32H,4-5,8-10,14-15H2,1-3H3,(H,33,34,35)/t17-/m0/s1. The van der Waals surface area contributed by atoms with E-state index in [1.165, 1.54) is 17.2 Å². The van der Waals surface area contributed by atoms with Crippen molar-refractivity contribution in [1.29, 1.82) is 0 Å². The molecule has 0 bridgehead atoms. The van der Waals surface area contributed by atoms with Crippen LogP contribution in [0.15, 0.2) is 30.6 Å². The maximum Gasteiger partial charge on any atom is 0.419 e. The summed E-state index contributed by atoms with van der Waals surface area (Å²) in [6.45, 7) is 6.54. The maximum atomic E-state index is 14.0. The monoisotopic (exact) mass is 572 g/mol. The van der Waals surface area contributed by atoms with Crippen LogP contribution in [0.1, 0.15) is 56.0 Å². The summed E-state index contributed by atoms with van der Waals surface area (Å²) in [6.07, 6.45) is -1.33. The lowest BCUT2D eigenvalue weighted by molar-refractivity contribution is -0.137. The van der Waals surface area contributed by atoms with Gasteiger partial charge in [-0.2, -0.15) is 13.2 Å². The van der Waals surface area contributed by atoms with Crippen molar-refractivity contribution >= 4 is 34.6 Å². The fourth-order valence-corrected chi connectivity index (χ4v) is 5.08. The number of fused-ring (bicyclic) bond motifs is 1. The lowest BCUT2D eigenvalue weighted by Gasteiger charge is -2.34. The predicted molar refractivity (Wildman–Crippen MR) is 144 cm³/mol. The van der Waals surface area contributed by atoms with Crippen LogP contribution >= 0.6 is 0 Å². The molecule has 0 spiro atoms. The van der Waals surface area contributed by atoms with Gasteiger partial charge in [0.1, 0.15) is 11.2 Å². The third-order valence-corrected chi connectivity index (χ3v) is 7.00. The summed E-state index contributed by atoms with van der Waals surface area (Å²) in [6, 6.07) is 4.38. The second kappa shape index (κ2) is 10.7. The molecule has 3 aromatic rings. The van der Waals surface area contributed by atoms with Gasteiger partial charge in [-0.3, -0.25) is 9.59 Å². The second-order valence-corrected chi connectivity index (χ2v) is 11.3. The van der Waals surface area contributed by atoms with Gasteiger partial charge in [0.05, 0.1) is 12.2 Å². The molecule has 0 aliphatic carbocycles. The van der Waals surface area contributed by atoms with Crippen LogP contribution in [0.4, 0.5) is 23.9 Å². The van der Waals surface area contributed by atoms with Gasteiger partial charge in [0.2, 0.25) is 5.95 Å². The molecular formula is C28H31F3N6O4. The van der Waals surface area contributed by atoms with E-state index in [1.54, 1.807) is 37.8 Å². The zero-order chi connectivity index (χ0) is 29.5. The highest BCUT2D eigenvalue weighted by Gasteiger charge is 2.37. The van der Waals surface area contributed by atoms with Crippen molar-refractivity contribution in [2.75, 3.05) is 31.5 Å². The van der Waals surface area contributed by atoms with Crippen LogP contribution in [0, 0.1) is 0 Å². The number of hydrogen-bond acceptors (Lipinski definition) is 7. The third-order valence-electron chi connectivity index (χ3n) is 7.00. The van der Waals surface area contributed by atoms with E-state index in [0.29, 0.717) is 55.4 Å². The Hall–Kier alpha value is -4.16. The van der Waals surface area contributed by atoms with Gasteiger partial charge in [0, 0.05) is 66.5 Å². The first-order chi connectivity index (χ1) is 19.3. The lowest BCUT2D eigenvalue weighted by Crippen LogP contribution is -2.47. The smallest absolute Gasteiger partial charge is 0.419 e. The molecule has 0 saturated carbocycles. The molecule has 0 unspecified atom stereocenters. The number of hydrogen-bond donors (Lipinski definition) is 2. The number of carbonyl (C=O) groups is 3. The highest BCUT2D eigenvalue weighted by Crippen LogP contribution is 2.39. The Balaban J connectivity index is 1.41. The van der Waals surface area contributed by atoms with Crippen LogP contribution in [0.2, 0.25) is 0 Å². The zero-order valence-electron chi connectivity index (χ0n) is 23.0. The minimum Gasteiger partial charge on any atom is -0.444 e. The fourth-order valence-electron chi connectivity index (χ4n) is 5.08. The van der Waals surface area contributed by atoms with Gasteiger partial charge in [0.25, 0.3) is 5.91 Å². The molecule has 41 heavy (non-hydrogen) atoms. The van der Waals surface area contributed by atoms with Gasteiger partial charge in [-0.1, -0.05) is 6.07 Å². The molecule has 1 atom stereocenters. The van der Waals surface area contributed by atoms with Crippen molar-refractivity contribution in [2.24, 2.45) is 0 Å². The Kier molecular flexibility index (Phi) is 7.39. The summed E-state index contributed by atoms with van der Waals surface area (Å²) in [5.41, 5.74) is -0.980. The number of Topliss-reactive ketones (excluding diaryl/α,β-unsaturated/α-hetero) is 1. The van der Waals surface area contributed by atoms with E-state index in [-0.39, 0.29) is 41.5 Å². The number of nitrogens with one attached hydrogen (secondary N) is 2. The summed E-state index contributed by atoms with van der Waals surface area (Å²) < 4.78 is 47.6. The third kappa shape index (κ3) is 6.28. The molecular weight excluding hydrogens is 541 g/mol. The molecule has 2 aromatic heterocycles. The van der Waals surface area contributed by atoms with Crippen LogP contribution < -0.4 is 5.32 Å². The molecule has 13 heteroatoms. The van der Waals surface area contributed by atoms with Crippen LogP contribution in [0.25, 0.3) is 22.2 Å². The Bertz CT molecular complexity index is 1500. The average molecular weight is 573 g/mol. The fraction of sp³-hybridized carbons (Fsp3) is 0.464. The van der Waals surface area contributed by atoms with Crippen molar-refractivity contribution in [3.8, 4) is 11.3 Å². The number of ketones is 1. The first-order valence-corrected chi connectivity index (χ1v) is 13.4. The molecule has 5 rings (SSSR count). The number of piperidine rings is 1. The first-order valence-electron chi connectivity index (χ1n) is 13.4. The number of carbonyl (C=O) groups excluding carboxylic acids is 3. The van der Waals surface area contributed by atoms with E-state index in [4.69, 9.17) is 4.74 Å². The first kappa shape index (κ1) is 28.4. The van der Waals surface area contributed by atoms with Crippen LogP contribution in [0.3, 0.4) is 0 Å². The minimum absolute atomic E-state index is 0.00360. The number of benzene rings is 1. The normalized spacial score (nSPS) is 18.2. The van der Waals surface area contributed by atoms with Crippen molar-refractivity contribution in [3.63, 3.8) is 0 Å². The Morgan fingerprint density at radius 2 is 1.93 bits per heavy atom. The molecule has 1 aromatic carbocycles. The summed E-state index contributed by atoms with van der Waals surface area (Å²) in [7, 11) is 0. The largest absolute Gasteiger partial charge is 0.444 e. The topological polar surface area (TPSA) is 121 Å². The number of anilines is 1. The van der Waals surface area contributed by atoms with Gasteiger partial charge in [0.15, 0.2) is 5.78 Å². The average Bonchev–Trinajstić information content (AvgIpc) is 3.52. The van der Waals surface area contributed by atoms with Crippen molar-refractivity contribution < 1.29 is 32.3 Å². The van der Waals surface area contributed by atoms with Gasteiger partial charge in [-0.15, -0.1) is 0 Å². The van der Waals surface area contributed by atoms with Gasteiger partial charge >= 0.3 is 12.3 Å². The molecule has 2 aliphatic rings. The summed E-state index contributed by atoms with van der Waals surface area (Å²) in [5, 5.41) is 3.54. The molecule has 4 heterocycles. The summed E-state index contributed by atoms with van der Waals surface area (Å²) >= 11 is 0. The number of aromatic amines is 1. The Morgan fingerprint density at radius 1 is 1.15 bits per heavy atom. The number of likely N-dealkylation sites (tertiary alicyclic amines) is 2. The molecule has 0 radical (unpaired) electrons. The van der Waals surface area contributed by atoms with E-state index in [0.717, 1.165) is 6.20 Å². The molecule has 2 N–H and O–H groups in total. The number of nitrogens with zero attached hydrogens (tertiary/aromatic N) is 4. The highest BCUT2D eigenvalue weighted by molar-refractivity contribution is 6.03. The molecule has 2 aliphatic heterocycles. The zero-order valence-corrected chi connectivity index (χ0v) is 23.0. The second-order valence-electron chi connectivity index (χ2n) is 11.3. The van der Waals surface area contributed by atoms with Gasteiger partial charge < -0.3 is 24.8 Å². The maximum absolute atomic E-state index is 14.0. The quantitative estimate of drug-likeness (QED) is 0.458. The van der Waals surface area contributed by atoms with E-state index in [1.807, 2.05) is 0 Å². The Labute approximate surface area is 234 Å². The number of rotatable bonds is 4. The summed E-state index contributed by atoms with van der Waals surface area (Å²) in [5.74, 6) is -0.324. The number of H-pyrrole nitrogens is 1. The number of halogens is 3. The number of amides is 2. The predicted octanol–water partition coefficient (Wildman–Crippen LogP) is 4.87.